The number of hydrogen-bond donors (Lipinski definition) is 2. The van der Waals surface area contributed by atoms with Crippen LogP contribution in [0.3, 0.4) is 0 Å². The largest absolute Gasteiger partial charge is 0.378 e. The molecule has 2 N–H and O–H groups in total. The Balaban J connectivity index is 1.46. The molecule has 5 rings (SSSR count). The van der Waals surface area contributed by atoms with E-state index in [1.165, 1.54) is 11.1 Å². The van der Waals surface area contributed by atoms with Gasteiger partial charge in [-0.3, -0.25) is 4.72 Å². The van der Waals surface area contributed by atoms with Crippen molar-refractivity contribution in [3.63, 3.8) is 0 Å². The molecule has 3 atom stereocenters. The van der Waals surface area contributed by atoms with Gasteiger partial charge in [0, 0.05) is 16.6 Å². The number of nitrogens with one attached hydrogen (secondary N) is 2. The van der Waals surface area contributed by atoms with E-state index < -0.39 is 10.0 Å². The number of allylic oxidation sites excluding steroid dienone is 2. The molecule has 6 heteroatoms. The molecule has 35 heavy (non-hydrogen) atoms. The predicted molar refractivity (Wildman–Crippen MR) is 145 cm³/mol. The van der Waals surface area contributed by atoms with Gasteiger partial charge >= 0.3 is 0 Å². The van der Waals surface area contributed by atoms with E-state index in [1.54, 1.807) is 31.2 Å². The Hall–Kier alpha value is -2.76. The van der Waals surface area contributed by atoms with Gasteiger partial charge in [-0.1, -0.05) is 74.9 Å². The van der Waals surface area contributed by atoms with E-state index in [1.807, 2.05) is 12.1 Å². The van der Waals surface area contributed by atoms with Crippen molar-refractivity contribution in [1.82, 2.24) is 0 Å². The molecule has 0 bridgehead atoms. The maximum absolute atomic E-state index is 13.2. The lowest BCUT2D eigenvalue weighted by atomic mass is 9.76. The third-order valence-electron chi connectivity index (χ3n) is 7.29. The summed E-state index contributed by atoms with van der Waals surface area (Å²) >= 11 is 6.19. The van der Waals surface area contributed by atoms with Gasteiger partial charge in [0.2, 0.25) is 0 Å². The molecule has 0 radical (unpaired) electrons. The van der Waals surface area contributed by atoms with Crippen molar-refractivity contribution >= 4 is 33.0 Å². The minimum Gasteiger partial charge on any atom is -0.378 e. The maximum Gasteiger partial charge on any atom is 0.261 e. The van der Waals surface area contributed by atoms with Gasteiger partial charge in [0.1, 0.15) is 0 Å². The fraction of sp³-hybridized carbons (Fsp3) is 0.310. The Bertz CT molecular complexity index is 1410. The van der Waals surface area contributed by atoms with E-state index >= 15 is 0 Å². The van der Waals surface area contributed by atoms with E-state index in [2.05, 4.69) is 67.2 Å². The number of sulfonamides is 1. The number of anilines is 2. The quantitative estimate of drug-likeness (QED) is 0.358. The minimum atomic E-state index is -3.76. The van der Waals surface area contributed by atoms with Gasteiger partial charge in [-0.15, -0.1) is 0 Å². The van der Waals surface area contributed by atoms with Crippen molar-refractivity contribution in [1.29, 1.82) is 0 Å². The summed E-state index contributed by atoms with van der Waals surface area (Å²) in [6.07, 6.45) is 5.41. The summed E-state index contributed by atoms with van der Waals surface area (Å²) in [5, 5.41) is 4.24. The highest BCUT2D eigenvalue weighted by Gasteiger charge is 2.38. The van der Waals surface area contributed by atoms with Crippen molar-refractivity contribution in [3.05, 3.63) is 100 Å². The first-order valence-corrected chi connectivity index (χ1v) is 13.9. The van der Waals surface area contributed by atoms with Crippen LogP contribution in [0.15, 0.2) is 77.7 Å². The zero-order valence-electron chi connectivity index (χ0n) is 20.5. The highest BCUT2D eigenvalue weighted by molar-refractivity contribution is 7.92. The highest BCUT2D eigenvalue weighted by Crippen LogP contribution is 2.50. The van der Waals surface area contributed by atoms with E-state index in [0.29, 0.717) is 22.2 Å². The molecule has 0 unspecified atom stereocenters. The van der Waals surface area contributed by atoms with E-state index in [-0.39, 0.29) is 22.3 Å². The molecule has 1 aliphatic heterocycles. The Morgan fingerprint density at radius 3 is 2.49 bits per heavy atom. The van der Waals surface area contributed by atoms with Crippen molar-refractivity contribution in [2.75, 3.05) is 10.0 Å². The first-order chi connectivity index (χ1) is 16.5. The van der Waals surface area contributed by atoms with Crippen LogP contribution in [0, 0.1) is 12.8 Å². The molecule has 2 aliphatic rings. The van der Waals surface area contributed by atoms with Crippen molar-refractivity contribution in [2.45, 2.75) is 56.4 Å². The van der Waals surface area contributed by atoms with Crippen molar-refractivity contribution < 1.29 is 8.42 Å². The molecule has 1 aliphatic carbocycles. The Kier molecular flexibility index (Phi) is 5.97. The summed E-state index contributed by atoms with van der Waals surface area (Å²) in [5.41, 5.74) is 5.90. The van der Waals surface area contributed by atoms with Gasteiger partial charge < -0.3 is 5.32 Å². The monoisotopic (exact) mass is 506 g/mol. The lowest BCUT2D eigenvalue weighted by Crippen LogP contribution is -2.29. The first-order valence-electron chi connectivity index (χ1n) is 12.0. The molecule has 3 aromatic rings. The number of rotatable bonds is 4. The molecule has 0 saturated carbocycles. The average Bonchev–Trinajstić information content (AvgIpc) is 3.31. The van der Waals surface area contributed by atoms with Crippen LogP contribution in [0.4, 0.5) is 11.4 Å². The van der Waals surface area contributed by atoms with E-state index in [9.17, 15) is 8.42 Å². The topological polar surface area (TPSA) is 58.2 Å². The molecule has 0 saturated heterocycles. The third kappa shape index (κ3) is 4.48. The molecule has 0 amide bonds. The van der Waals surface area contributed by atoms with Gasteiger partial charge in [0.05, 0.1) is 16.6 Å². The maximum atomic E-state index is 13.2. The van der Waals surface area contributed by atoms with E-state index in [0.717, 1.165) is 17.7 Å². The SMILES string of the molecule is Cc1c(Cl)cccc1NS(=O)(=O)c1ccc2c(c1)[C@H]1C=CC[C@H]1[C@@H](c1ccc(C(C)(C)C)cc1)N2. The Morgan fingerprint density at radius 2 is 1.77 bits per heavy atom. The Labute approximate surface area is 213 Å². The fourth-order valence-corrected chi connectivity index (χ4v) is 6.51. The molecule has 4 nitrogen and oxygen atoms in total. The smallest absolute Gasteiger partial charge is 0.261 e. The Morgan fingerprint density at radius 1 is 1.03 bits per heavy atom. The third-order valence-corrected chi connectivity index (χ3v) is 9.07. The van der Waals surface area contributed by atoms with Crippen LogP contribution < -0.4 is 10.0 Å². The molecular weight excluding hydrogens is 476 g/mol. The summed E-state index contributed by atoms with van der Waals surface area (Å²) in [4.78, 5) is 0.254. The summed E-state index contributed by atoms with van der Waals surface area (Å²) in [6, 6.07) is 19.7. The second-order valence-corrected chi connectivity index (χ2v) is 12.7. The lowest BCUT2D eigenvalue weighted by Gasteiger charge is -2.38. The second kappa shape index (κ2) is 8.72. The number of benzene rings is 3. The average molecular weight is 507 g/mol. The van der Waals surface area contributed by atoms with Crippen molar-refractivity contribution in [3.8, 4) is 0 Å². The van der Waals surface area contributed by atoms with Crippen LogP contribution in [-0.2, 0) is 15.4 Å². The standard InChI is InChI=1S/C29H31ClN2O2S/c1-18-25(30)9-6-10-26(18)32-35(33,34)21-15-16-27-24(17-21)22-7-5-8-23(22)28(31-27)19-11-13-20(14-12-19)29(2,3)4/h5-7,9-17,22-23,28,31-32H,8H2,1-4H3/t22-,23+,28+/m0/s1. The zero-order valence-corrected chi connectivity index (χ0v) is 22.0. The van der Waals surface area contributed by atoms with Crippen LogP contribution in [0.2, 0.25) is 5.02 Å². The summed E-state index contributed by atoms with van der Waals surface area (Å²) in [7, 11) is -3.76. The first kappa shape index (κ1) is 24.0. The number of halogens is 1. The molecule has 0 spiro atoms. The summed E-state index contributed by atoms with van der Waals surface area (Å²) < 4.78 is 29.2. The van der Waals surface area contributed by atoms with Gasteiger partial charge in [-0.05, 0) is 77.3 Å². The van der Waals surface area contributed by atoms with Crippen LogP contribution in [0.1, 0.15) is 61.4 Å². The van der Waals surface area contributed by atoms with Gasteiger partial charge in [0.25, 0.3) is 10.0 Å². The van der Waals surface area contributed by atoms with Crippen LogP contribution in [0.5, 0.6) is 0 Å². The molecule has 182 valence electrons. The van der Waals surface area contributed by atoms with Crippen LogP contribution in [0.25, 0.3) is 0 Å². The van der Waals surface area contributed by atoms with Crippen molar-refractivity contribution in [2.24, 2.45) is 5.92 Å². The zero-order chi connectivity index (χ0) is 25.0. The minimum absolute atomic E-state index is 0.113. The molecule has 0 aromatic heterocycles. The molecule has 1 heterocycles. The molecule has 0 fully saturated rings. The summed E-state index contributed by atoms with van der Waals surface area (Å²) in [5.74, 6) is 0.505. The number of hydrogen-bond acceptors (Lipinski definition) is 3. The molecular formula is C29H31ClN2O2S. The summed E-state index contributed by atoms with van der Waals surface area (Å²) in [6.45, 7) is 8.48. The van der Waals surface area contributed by atoms with Crippen LogP contribution in [-0.4, -0.2) is 8.42 Å². The number of fused-ring (bicyclic) bond motifs is 3. The highest BCUT2D eigenvalue weighted by atomic mass is 35.5. The second-order valence-electron chi connectivity index (χ2n) is 10.6. The normalized spacial score (nSPS) is 21.2. The van der Waals surface area contributed by atoms with Crippen LogP contribution >= 0.6 is 11.6 Å². The van der Waals surface area contributed by atoms with Gasteiger partial charge in [-0.25, -0.2) is 8.42 Å². The predicted octanol–water partition coefficient (Wildman–Crippen LogP) is 7.57. The van der Waals surface area contributed by atoms with E-state index in [4.69, 9.17) is 11.6 Å². The lowest BCUT2D eigenvalue weighted by molar-refractivity contribution is 0.425. The van der Waals surface area contributed by atoms with Gasteiger partial charge in [-0.2, -0.15) is 0 Å². The molecule has 3 aromatic carbocycles. The fourth-order valence-electron chi connectivity index (χ4n) is 5.18. The van der Waals surface area contributed by atoms with Gasteiger partial charge in [0.15, 0.2) is 0 Å².